The highest BCUT2D eigenvalue weighted by molar-refractivity contribution is 5.78. The van der Waals surface area contributed by atoms with Crippen LogP contribution in [0, 0.1) is 5.92 Å². The third-order valence-electron chi connectivity index (χ3n) is 4.42. The van der Waals surface area contributed by atoms with Crippen LogP contribution in [0.5, 0.6) is 0 Å². The number of hydrogen-bond donors (Lipinski definition) is 0. The molecule has 0 N–H and O–H groups in total. The van der Waals surface area contributed by atoms with Crippen molar-refractivity contribution in [1.82, 2.24) is 4.90 Å². The summed E-state index contributed by atoms with van der Waals surface area (Å²) in [5, 5.41) is 0. The van der Waals surface area contributed by atoms with Crippen LogP contribution in [0.15, 0.2) is 30.3 Å². The monoisotopic (exact) mass is 303 g/mol. The summed E-state index contributed by atoms with van der Waals surface area (Å²) in [6.45, 7) is 2.88. The lowest BCUT2D eigenvalue weighted by molar-refractivity contribution is -0.144. The Morgan fingerprint density at radius 2 is 2.14 bits per heavy atom. The predicted molar refractivity (Wildman–Crippen MR) is 80.0 cm³/mol. The topological polar surface area (TPSA) is 55.8 Å². The SMILES string of the molecule is CCC[C@H]1C(=O)O[C@@H]2CCN(C(=O)OCc3ccccc3)[C@@H]21. The Bertz CT molecular complexity index is 545. The number of amides is 1. The number of carbonyl (C=O) groups is 2. The maximum absolute atomic E-state index is 12.4. The first-order valence-electron chi connectivity index (χ1n) is 7.88. The standard InChI is InChI=1S/C17H21NO4/c1-2-6-13-15-14(22-16(13)19)9-10-18(15)17(20)21-11-12-7-4-3-5-8-12/h3-5,7-8,13-15H,2,6,9-11H2,1H3/t13-,14-,15-/m1/s1. The number of benzene rings is 1. The molecule has 118 valence electrons. The predicted octanol–water partition coefficient (Wildman–Crippen LogP) is 2.74. The number of ether oxygens (including phenoxy) is 2. The molecule has 0 aromatic heterocycles. The molecule has 3 rings (SSSR count). The summed E-state index contributed by atoms with van der Waals surface area (Å²) in [6, 6.07) is 9.43. The van der Waals surface area contributed by atoms with Crippen LogP contribution in [-0.4, -0.2) is 35.7 Å². The molecular formula is C17H21NO4. The lowest BCUT2D eigenvalue weighted by Gasteiger charge is -2.25. The molecule has 2 aliphatic heterocycles. The molecule has 3 atom stereocenters. The van der Waals surface area contributed by atoms with Gasteiger partial charge in [0.15, 0.2) is 0 Å². The number of likely N-dealkylation sites (tertiary alicyclic amines) is 1. The van der Waals surface area contributed by atoms with E-state index in [4.69, 9.17) is 9.47 Å². The van der Waals surface area contributed by atoms with Crippen molar-refractivity contribution in [2.75, 3.05) is 6.54 Å². The molecular weight excluding hydrogens is 282 g/mol. The highest BCUT2D eigenvalue weighted by Gasteiger charge is 2.52. The van der Waals surface area contributed by atoms with Crippen molar-refractivity contribution in [3.8, 4) is 0 Å². The van der Waals surface area contributed by atoms with E-state index in [1.807, 2.05) is 37.3 Å². The first-order chi connectivity index (χ1) is 10.7. The zero-order valence-electron chi connectivity index (χ0n) is 12.7. The van der Waals surface area contributed by atoms with E-state index in [2.05, 4.69) is 0 Å². The quantitative estimate of drug-likeness (QED) is 0.803. The van der Waals surface area contributed by atoms with Gasteiger partial charge in [-0.05, 0) is 12.0 Å². The molecule has 0 bridgehead atoms. The van der Waals surface area contributed by atoms with Crippen molar-refractivity contribution < 1.29 is 19.1 Å². The smallest absolute Gasteiger partial charge is 0.410 e. The first kappa shape index (κ1) is 14.9. The Balaban J connectivity index is 1.64. The maximum atomic E-state index is 12.4. The lowest BCUT2D eigenvalue weighted by atomic mass is 9.94. The van der Waals surface area contributed by atoms with Gasteiger partial charge < -0.3 is 14.4 Å². The van der Waals surface area contributed by atoms with Crippen molar-refractivity contribution in [1.29, 1.82) is 0 Å². The largest absolute Gasteiger partial charge is 0.460 e. The fourth-order valence-corrected chi connectivity index (χ4v) is 3.38. The van der Waals surface area contributed by atoms with Gasteiger partial charge in [0.25, 0.3) is 0 Å². The van der Waals surface area contributed by atoms with Gasteiger partial charge in [0, 0.05) is 13.0 Å². The van der Waals surface area contributed by atoms with E-state index >= 15 is 0 Å². The molecule has 2 fully saturated rings. The summed E-state index contributed by atoms with van der Waals surface area (Å²) >= 11 is 0. The molecule has 22 heavy (non-hydrogen) atoms. The molecule has 2 saturated heterocycles. The van der Waals surface area contributed by atoms with Gasteiger partial charge in [-0.2, -0.15) is 0 Å². The van der Waals surface area contributed by atoms with Gasteiger partial charge in [0.1, 0.15) is 12.7 Å². The van der Waals surface area contributed by atoms with Crippen LogP contribution in [0.3, 0.4) is 0 Å². The number of esters is 1. The van der Waals surface area contributed by atoms with Crippen LogP contribution >= 0.6 is 0 Å². The highest BCUT2D eigenvalue weighted by atomic mass is 16.6. The Morgan fingerprint density at radius 3 is 2.86 bits per heavy atom. The molecule has 0 aliphatic carbocycles. The zero-order chi connectivity index (χ0) is 15.5. The van der Waals surface area contributed by atoms with Crippen molar-refractivity contribution >= 4 is 12.1 Å². The van der Waals surface area contributed by atoms with Crippen LogP contribution in [0.2, 0.25) is 0 Å². The van der Waals surface area contributed by atoms with Gasteiger partial charge >= 0.3 is 12.1 Å². The summed E-state index contributed by atoms with van der Waals surface area (Å²) < 4.78 is 10.8. The molecule has 2 aliphatic rings. The first-order valence-corrected chi connectivity index (χ1v) is 7.88. The molecule has 5 heteroatoms. The highest BCUT2D eigenvalue weighted by Crippen LogP contribution is 2.36. The summed E-state index contributed by atoms with van der Waals surface area (Å²) in [4.78, 5) is 26.0. The summed E-state index contributed by atoms with van der Waals surface area (Å²) in [5.41, 5.74) is 0.954. The zero-order valence-corrected chi connectivity index (χ0v) is 12.7. The minimum atomic E-state index is -0.351. The van der Waals surface area contributed by atoms with E-state index in [-0.39, 0.29) is 36.7 Å². The molecule has 1 aromatic rings. The second-order valence-electron chi connectivity index (χ2n) is 5.88. The minimum Gasteiger partial charge on any atom is -0.460 e. The van der Waals surface area contributed by atoms with Crippen LogP contribution in [0.1, 0.15) is 31.7 Å². The van der Waals surface area contributed by atoms with E-state index in [9.17, 15) is 9.59 Å². The van der Waals surface area contributed by atoms with Crippen LogP contribution in [0.25, 0.3) is 0 Å². The van der Waals surface area contributed by atoms with Gasteiger partial charge in [0.05, 0.1) is 12.0 Å². The molecule has 0 radical (unpaired) electrons. The number of hydrogen-bond acceptors (Lipinski definition) is 4. The summed E-state index contributed by atoms with van der Waals surface area (Å²) in [5.74, 6) is -0.376. The average Bonchev–Trinajstić information content (AvgIpc) is 3.06. The molecule has 0 unspecified atom stereocenters. The van der Waals surface area contributed by atoms with E-state index in [0.717, 1.165) is 18.4 Å². The van der Waals surface area contributed by atoms with Crippen molar-refractivity contribution in [2.45, 2.75) is 44.9 Å². The third kappa shape index (κ3) is 2.80. The van der Waals surface area contributed by atoms with E-state index < -0.39 is 0 Å². The van der Waals surface area contributed by atoms with Crippen molar-refractivity contribution in [2.24, 2.45) is 5.92 Å². The Kier molecular flexibility index (Phi) is 4.32. The van der Waals surface area contributed by atoms with Crippen LogP contribution in [-0.2, 0) is 20.9 Å². The molecule has 0 spiro atoms. The molecule has 0 saturated carbocycles. The lowest BCUT2D eigenvalue weighted by Crippen LogP contribution is -2.42. The average molecular weight is 303 g/mol. The van der Waals surface area contributed by atoms with Gasteiger partial charge in [-0.1, -0.05) is 43.7 Å². The summed E-state index contributed by atoms with van der Waals surface area (Å²) in [6.07, 6.45) is 1.85. The molecule has 1 amide bonds. The van der Waals surface area contributed by atoms with Crippen molar-refractivity contribution in [3.63, 3.8) is 0 Å². The second kappa shape index (κ2) is 6.38. The second-order valence-corrected chi connectivity index (χ2v) is 5.88. The fraction of sp³-hybridized carbons (Fsp3) is 0.529. The molecule has 2 heterocycles. The summed E-state index contributed by atoms with van der Waals surface area (Å²) in [7, 11) is 0. The fourth-order valence-electron chi connectivity index (χ4n) is 3.38. The molecule has 5 nitrogen and oxygen atoms in total. The van der Waals surface area contributed by atoms with Gasteiger partial charge in [-0.15, -0.1) is 0 Å². The number of carbonyl (C=O) groups excluding carboxylic acids is 2. The third-order valence-corrected chi connectivity index (χ3v) is 4.42. The van der Waals surface area contributed by atoms with Gasteiger partial charge in [-0.25, -0.2) is 4.79 Å². The Morgan fingerprint density at radius 1 is 1.36 bits per heavy atom. The van der Waals surface area contributed by atoms with Crippen molar-refractivity contribution in [3.05, 3.63) is 35.9 Å². The Hall–Kier alpha value is -2.04. The van der Waals surface area contributed by atoms with E-state index in [0.29, 0.717) is 13.0 Å². The number of nitrogens with zero attached hydrogens (tertiary/aromatic N) is 1. The van der Waals surface area contributed by atoms with E-state index in [1.54, 1.807) is 4.90 Å². The normalized spacial score (nSPS) is 26.7. The van der Waals surface area contributed by atoms with Gasteiger partial charge in [0.2, 0.25) is 0 Å². The Labute approximate surface area is 130 Å². The van der Waals surface area contributed by atoms with E-state index in [1.165, 1.54) is 0 Å². The van der Waals surface area contributed by atoms with Crippen LogP contribution in [0.4, 0.5) is 4.79 Å². The van der Waals surface area contributed by atoms with Gasteiger partial charge in [-0.3, -0.25) is 4.79 Å². The number of fused-ring (bicyclic) bond motifs is 1. The van der Waals surface area contributed by atoms with Crippen LogP contribution < -0.4 is 0 Å². The maximum Gasteiger partial charge on any atom is 0.410 e. The molecule has 1 aromatic carbocycles. The minimum absolute atomic E-state index is 0.157. The number of rotatable bonds is 4.